The first-order chi connectivity index (χ1) is 6.27. The number of hydrogen-bond donors (Lipinski definition) is 2. The molecule has 1 atom stereocenters. The van der Waals surface area contributed by atoms with Gasteiger partial charge in [0.15, 0.2) is 0 Å². The van der Waals surface area contributed by atoms with Crippen molar-refractivity contribution in [3.63, 3.8) is 0 Å². The highest BCUT2D eigenvalue weighted by molar-refractivity contribution is 7.07. The molecule has 1 amide bonds. The van der Waals surface area contributed by atoms with Crippen LogP contribution in [0.1, 0.15) is 23.0 Å². The molecule has 0 spiro atoms. The summed E-state index contributed by atoms with van der Waals surface area (Å²) in [5.74, 6) is -0.226. The molecule has 0 aliphatic carbocycles. The fourth-order valence-corrected chi connectivity index (χ4v) is 1.22. The number of hydrogen-bond acceptors (Lipinski definition) is 5. The minimum Gasteiger partial charge on any atom is -0.394 e. The number of aromatic nitrogens is 2. The van der Waals surface area contributed by atoms with E-state index in [9.17, 15) is 4.79 Å². The average Bonchev–Trinajstić information content (AvgIpc) is 2.66. The van der Waals surface area contributed by atoms with Crippen LogP contribution in [0.4, 0.5) is 0 Å². The van der Waals surface area contributed by atoms with Gasteiger partial charge in [-0.15, -0.1) is 5.10 Å². The van der Waals surface area contributed by atoms with Gasteiger partial charge in [-0.3, -0.25) is 4.79 Å². The lowest BCUT2D eigenvalue weighted by Gasteiger charge is -2.12. The Labute approximate surface area is 80.0 Å². The van der Waals surface area contributed by atoms with Crippen molar-refractivity contribution in [1.82, 2.24) is 14.9 Å². The van der Waals surface area contributed by atoms with E-state index in [1.165, 1.54) is 6.20 Å². The molecule has 0 saturated carbocycles. The van der Waals surface area contributed by atoms with Crippen molar-refractivity contribution in [1.29, 1.82) is 0 Å². The van der Waals surface area contributed by atoms with Crippen LogP contribution in [0.15, 0.2) is 6.20 Å². The monoisotopic (exact) mass is 201 g/mol. The highest BCUT2D eigenvalue weighted by Gasteiger charge is 2.12. The summed E-state index contributed by atoms with van der Waals surface area (Å²) < 4.78 is 3.57. The van der Waals surface area contributed by atoms with E-state index in [-0.39, 0.29) is 18.6 Å². The highest BCUT2D eigenvalue weighted by atomic mass is 32.1. The molecule has 72 valence electrons. The van der Waals surface area contributed by atoms with Crippen molar-refractivity contribution in [3.8, 4) is 0 Å². The van der Waals surface area contributed by atoms with Gasteiger partial charge in [0, 0.05) is 0 Å². The molecule has 0 aliphatic rings. The number of aliphatic hydroxyl groups is 1. The van der Waals surface area contributed by atoms with Crippen LogP contribution in [0.3, 0.4) is 0 Å². The SMILES string of the molecule is CC[C@H](CO)NC(=O)c1cnns1. The Bertz CT molecular complexity index is 259. The van der Waals surface area contributed by atoms with Crippen LogP contribution in [0.2, 0.25) is 0 Å². The first kappa shape index (κ1) is 10.1. The van der Waals surface area contributed by atoms with Crippen molar-refractivity contribution in [3.05, 3.63) is 11.1 Å². The number of aliphatic hydroxyl groups excluding tert-OH is 1. The summed E-state index contributed by atoms with van der Waals surface area (Å²) in [6.07, 6.45) is 2.11. The molecule has 6 heteroatoms. The maximum Gasteiger partial charge on any atom is 0.264 e. The van der Waals surface area contributed by atoms with Crippen LogP contribution >= 0.6 is 11.5 Å². The van der Waals surface area contributed by atoms with Crippen LogP contribution in [0.25, 0.3) is 0 Å². The molecule has 0 radical (unpaired) electrons. The van der Waals surface area contributed by atoms with Crippen molar-refractivity contribution >= 4 is 17.4 Å². The molecule has 0 saturated heterocycles. The highest BCUT2D eigenvalue weighted by Crippen LogP contribution is 2.02. The first-order valence-corrected chi connectivity index (χ1v) is 4.74. The van der Waals surface area contributed by atoms with Crippen molar-refractivity contribution < 1.29 is 9.90 Å². The summed E-state index contributed by atoms with van der Waals surface area (Å²) >= 11 is 1.04. The smallest absolute Gasteiger partial charge is 0.264 e. The van der Waals surface area contributed by atoms with Crippen LogP contribution in [0, 0.1) is 0 Å². The summed E-state index contributed by atoms with van der Waals surface area (Å²) in [4.78, 5) is 11.8. The molecule has 1 rings (SSSR count). The van der Waals surface area contributed by atoms with Crippen molar-refractivity contribution in [2.75, 3.05) is 6.61 Å². The van der Waals surface area contributed by atoms with Gasteiger partial charge in [0.25, 0.3) is 5.91 Å². The van der Waals surface area contributed by atoms with E-state index in [2.05, 4.69) is 14.9 Å². The summed E-state index contributed by atoms with van der Waals surface area (Å²) in [5, 5.41) is 15.0. The largest absolute Gasteiger partial charge is 0.394 e. The number of amides is 1. The summed E-state index contributed by atoms with van der Waals surface area (Å²) in [7, 11) is 0. The molecular formula is C7H11N3O2S. The lowest BCUT2D eigenvalue weighted by molar-refractivity contribution is 0.0919. The molecule has 0 aliphatic heterocycles. The third-order valence-corrected chi connectivity index (χ3v) is 2.30. The van der Waals surface area contributed by atoms with E-state index in [4.69, 9.17) is 5.11 Å². The molecule has 0 bridgehead atoms. The molecule has 1 aromatic rings. The van der Waals surface area contributed by atoms with Gasteiger partial charge in [0.05, 0.1) is 18.8 Å². The van der Waals surface area contributed by atoms with Gasteiger partial charge in [0.2, 0.25) is 0 Å². The van der Waals surface area contributed by atoms with Crippen LogP contribution < -0.4 is 5.32 Å². The van der Waals surface area contributed by atoms with E-state index < -0.39 is 0 Å². The Morgan fingerprint density at radius 1 is 1.85 bits per heavy atom. The fourth-order valence-electron chi connectivity index (χ4n) is 0.801. The third-order valence-electron chi connectivity index (χ3n) is 1.63. The van der Waals surface area contributed by atoms with E-state index >= 15 is 0 Å². The van der Waals surface area contributed by atoms with Gasteiger partial charge in [-0.25, -0.2) is 0 Å². The molecule has 2 N–H and O–H groups in total. The third kappa shape index (κ3) is 2.74. The predicted molar refractivity (Wildman–Crippen MR) is 48.5 cm³/mol. The van der Waals surface area contributed by atoms with Crippen molar-refractivity contribution in [2.45, 2.75) is 19.4 Å². The number of nitrogens with zero attached hydrogens (tertiary/aromatic N) is 2. The summed E-state index contributed by atoms with van der Waals surface area (Å²) in [6.45, 7) is 1.85. The van der Waals surface area contributed by atoms with Crippen LogP contribution in [0.5, 0.6) is 0 Å². The van der Waals surface area contributed by atoms with Gasteiger partial charge in [-0.1, -0.05) is 11.4 Å². The number of nitrogens with one attached hydrogen (secondary N) is 1. The second kappa shape index (κ2) is 4.88. The molecule has 5 nitrogen and oxygen atoms in total. The number of rotatable bonds is 4. The van der Waals surface area contributed by atoms with Crippen LogP contribution in [-0.4, -0.2) is 33.2 Å². The van der Waals surface area contributed by atoms with E-state index in [1.54, 1.807) is 0 Å². The molecule has 0 unspecified atom stereocenters. The van der Waals surface area contributed by atoms with Gasteiger partial charge in [0.1, 0.15) is 4.88 Å². The standard InChI is InChI=1S/C7H11N3O2S/c1-2-5(4-11)9-7(12)6-3-8-10-13-6/h3,5,11H,2,4H2,1H3,(H,9,12)/t5-/m1/s1. The molecular weight excluding hydrogens is 190 g/mol. The minimum atomic E-state index is -0.226. The normalized spacial score (nSPS) is 12.5. The maximum absolute atomic E-state index is 11.3. The topological polar surface area (TPSA) is 75.1 Å². The fraction of sp³-hybridized carbons (Fsp3) is 0.571. The lowest BCUT2D eigenvalue weighted by Crippen LogP contribution is -2.36. The van der Waals surface area contributed by atoms with Gasteiger partial charge >= 0.3 is 0 Å². The minimum absolute atomic E-state index is 0.0472. The number of carbonyl (C=O) groups is 1. The van der Waals surface area contributed by atoms with Gasteiger partial charge < -0.3 is 10.4 Å². The second-order valence-electron chi connectivity index (χ2n) is 2.54. The predicted octanol–water partition coefficient (Wildman–Crippen LogP) is 0.0388. The zero-order valence-corrected chi connectivity index (χ0v) is 8.04. The van der Waals surface area contributed by atoms with Gasteiger partial charge in [-0.2, -0.15) is 0 Å². The van der Waals surface area contributed by atoms with E-state index in [0.29, 0.717) is 11.3 Å². The zero-order chi connectivity index (χ0) is 9.68. The van der Waals surface area contributed by atoms with Crippen LogP contribution in [-0.2, 0) is 0 Å². The average molecular weight is 201 g/mol. The summed E-state index contributed by atoms with van der Waals surface area (Å²) in [6, 6.07) is -0.186. The molecule has 13 heavy (non-hydrogen) atoms. The molecule has 1 heterocycles. The Balaban J connectivity index is 2.50. The Morgan fingerprint density at radius 2 is 2.62 bits per heavy atom. The number of carbonyl (C=O) groups excluding carboxylic acids is 1. The van der Waals surface area contributed by atoms with Gasteiger partial charge in [-0.05, 0) is 18.0 Å². The quantitative estimate of drug-likeness (QED) is 0.721. The second-order valence-corrected chi connectivity index (χ2v) is 3.33. The molecule has 0 aromatic carbocycles. The maximum atomic E-state index is 11.3. The molecule has 0 fully saturated rings. The van der Waals surface area contributed by atoms with Crippen molar-refractivity contribution in [2.24, 2.45) is 0 Å². The first-order valence-electron chi connectivity index (χ1n) is 3.97. The lowest BCUT2D eigenvalue weighted by atomic mass is 10.2. The van der Waals surface area contributed by atoms with E-state index in [0.717, 1.165) is 11.5 Å². The zero-order valence-electron chi connectivity index (χ0n) is 7.23. The molecule has 1 aromatic heterocycles. The summed E-state index contributed by atoms with van der Waals surface area (Å²) in [5.41, 5.74) is 0. The Hall–Kier alpha value is -1.01. The Morgan fingerprint density at radius 3 is 3.08 bits per heavy atom. The Kier molecular flexibility index (Phi) is 3.78. The van der Waals surface area contributed by atoms with E-state index in [1.807, 2.05) is 6.92 Å².